The summed E-state index contributed by atoms with van der Waals surface area (Å²) in [6.45, 7) is 1.77. The minimum Gasteiger partial charge on any atom is -0.324 e. The van der Waals surface area contributed by atoms with Crippen LogP contribution in [0.25, 0.3) is 11.2 Å². The first-order chi connectivity index (χ1) is 13.6. The van der Waals surface area contributed by atoms with Gasteiger partial charge in [-0.3, -0.25) is 18.7 Å². The normalized spacial score (nSPS) is 12.8. The molecular formula is C17H20N6O5S. The van der Waals surface area contributed by atoms with Crippen LogP contribution in [-0.4, -0.2) is 33.0 Å². The van der Waals surface area contributed by atoms with Crippen molar-refractivity contribution in [1.82, 2.24) is 18.7 Å². The third kappa shape index (κ3) is 3.59. The smallest absolute Gasteiger partial charge is 0.324 e. The van der Waals surface area contributed by atoms with Gasteiger partial charge in [0.2, 0.25) is 15.9 Å². The molecular weight excluding hydrogens is 400 g/mol. The van der Waals surface area contributed by atoms with Gasteiger partial charge in [0.05, 0.1) is 11.2 Å². The van der Waals surface area contributed by atoms with Gasteiger partial charge in [0.1, 0.15) is 6.04 Å². The zero-order valence-corrected chi connectivity index (χ0v) is 16.8. The summed E-state index contributed by atoms with van der Waals surface area (Å²) in [5, 5.41) is 7.75. The number of amides is 1. The first-order valence-corrected chi connectivity index (χ1v) is 10.2. The number of sulfonamides is 1. The van der Waals surface area contributed by atoms with Crippen molar-refractivity contribution in [2.75, 3.05) is 5.32 Å². The lowest BCUT2D eigenvalue weighted by Gasteiger charge is -2.17. The van der Waals surface area contributed by atoms with Crippen molar-refractivity contribution < 1.29 is 13.2 Å². The lowest BCUT2D eigenvalue weighted by Crippen LogP contribution is -2.38. The maximum atomic E-state index is 12.8. The Bertz CT molecular complexity index is 1320. The number of carbonyl (C=O) groups excluding carboxylic acids is 1. The molecule has 0 spiro atoms. The Labute approximate surface area is 165 Å². The van der Waals surface area contributed by atoms with Crippen LogP contribution in [0.2, 0.25) is 0 Å². The monoisotopic (exact) mass is 420 g/mol. The summed E-state index contributed by atoms with van der Waals surface area (Å²) in [6.07, 6.45) is 1.70. The Balaban J connectivity index is 1.99. The highest BCUT2D eigenvalue weighted by Crippen LogP contribution is 2.20. The van der Waals surface area contributed by atoms with Gasteiger partial charge in [0.15, 0.2) is 11.2 Å². The van der Waals surface area contributed by atoms with Crippen molar-refractivity contribution in [3.8, 4) is 0 Å². The van der Waals surface area contributed by atoms with Gasteiger partial charge in [-0.2, -0.15) is 0 Å². The van der Waals surface area contributed by atoms with E-state index in [1.165, 1.54) is 53.8 Å². The Morgan fingerprint density at radius 2 is 1.79 bits per heavy atom. The number of aromatic nitrogens is 4. The van der Waals surface area contributed by atoms with Crippen LogP contribution in [0.4, 0.5) is 5.69 Å². The van der Waals surface area contributed by atoms with Gasteiger partial charge in [-0.1, -0.05) is 6.92 Å². The molecule has 0 saturated heterocycles. The lowest BCUT2D eigenvalue weighted by molar-refractivity contribution is -0.119. The number of hydrogen-bond acceptors (Lipinski definition) is 6. The SMILES string of the molecule is CC[C@@H](C(=O)Nc1ccc(S(N)(=O)=O)cc1)n1cnc2c1c(=O)n(C)c(=O)n2C. The van der Waals surface area contributed by atoms with E-state index in [1.54, 1.807) is 6.92 Å². The average molecular weight is 420 g/mol. The Morgan fingerprint density at radius 1 is 1.17 bits per heavy atom. The number of nitrogens with one attached hydrogen (secondary N) is 1. The number of benzene rings is 1. The number of nitrogens with zero attached hydrogens (tertiary/aromatic N) is 4. The van der Waals surface area contributed by atoms with Gasteiger partial charge in [-0.25, -0.2) is 23.3 Å². The van der Waals surface area contributed by atoms with Crippen molar-refractivity contribution in [2.45, 2.75) is 24.3 Å². The van der Waals surface area contributed by atoms with E-state index in [0.717, 1.165) is 4.57 Å². The van der Waals surface area contributed by atoms with E-state index in [1.807, 2.05) is 0 Å². The van der Waals surface area contributed by atoms with Crippen LogP contribution in [0.3, 0.4) is 0 Å². The molecule has 11 nitrogen and oxygen atoms in total. The quantitative estimate of drug-likeness (QED) is 0.577. The predicted octanol–water partition coefficient (Wildman–Crippen LogP) is -0.329. The van der Waals surface area contributed by atoms with E-state index in [9.17, 15) is 22.8 Å². The van der Waals surface area contributed by atoms with Crippen LogP contribution >= 0.6 is 0 Å². The van der Waals surface area contributed by atoms with Gasteiger partial charge in [-0.05, 0) is 30.7 Å². The van der Waals surface area contributed by atoms with E-state index >= 15 is 0 Å². The molecule has 154 valence electrons. The molecule has 1 aromatic carbocycles. The van der Waals surface area contributed by atoms with Gasteiger partial charge in [0.25, 0.3) is 5.56 Å². The summed E-state index contributed by atoms with van der Waals surface area (Å²) < 4.78 is 26.3. The molecule has 0 saturated carbocycles. The highest BCUT2D eigenvalue weighted by atomic mass is 32.2. The Morgan fingerprint density at radius 3 is 2.34 bits per heavy atom. The number of hydrogen-bond donors (Lipinski definition) is 2. The molecule has 0 radical (unpaired) electrons. The van der Waals surface area contributed by atoms with Crippen LogP contribution in [0.5, 0.6) is 0 Å². The van der Waals surface area contributed by atoms with Gasteiger partial charge in [-0.15, -0.1) is 0 Å². The minimum atomic E-state index is -3.84. The largest absolute Gasteiger partial charge is 0.332 e. The summed E-state index contributed by atoms with van der Waals surface area (Å²) in [6, 6.07) is 4.62. The summed E-state index contributed by atoms with van der Waals surface area (Å²) >= 11 is 0. The van der Waals surface area contributed by atoms with Crippen molar-refractivity contribution in [1.29, 1.82) is 0 Å². The predicted molar refractivity (Wildman–Crippen MR) is 106 cm³/mol. The number of rotatable bonds is 5. The molecule has 2 aromatic heterocycles. The maximum absolute atomic E-state index is 12.8. The fourth-order valence-corrected chi connectivity index (χ4v) is 3.58. The topological polar surface area (TPSA) is 151 Å². The summed E-state index contributed by atoms with van der Waals surface area (Å²) in [5.41, 5.74) is -0.377. The summed E-state index contributed by atoms with van der Waals surface area (Å²) in [7, 11) is -0.983. The molecule has 3 rings (SSSR count). The highest BCUT2D eigenvalue weighted by molar-refractivity contribution is 7.89. The fraction of sp³-hybridized carbons (Fsp3) is 0.294. The second kappa shape index (κ2) is 7.29. The van der Waals surface area contributed by atoms with Crippen LogP contribution < -0.4 is 21.7 Å². The second-order valence-electron chi connectivity index (χ2n) is 6.51. The van der Waals surface area contributed by atoms with E-state index in [2.05, 4.69) is 10.3 Å². The number of carbonyl (C=O) groups is 1. The molecule has 1 amide bonds. The van der Waals surface area contributed by atoms with Crippen LogP contribution in [0.1, 0.15) is 19.4 Å². The average Bonchev–Trinajstić information content (AvgIpc) is 3.10. The number of anilines is 1. The molecule has 3 N–H and O–H groups in total. The van der Waals surface area contributed by atoms with Crippen LogP contribution in [0.15, 0.2) is 45.1 Å². The Hall–Kier alpha value is -3.25. The van der Waals surface area contributed by atoms with Crippen molar-refractivity contribution in [3.63, 3.8) is 0 Å². The number of primary sulfonamides is 1. The number of nitrogens with two attached hydrogens (primary N) is 1. The lowest BCUT2D eigenvalue weighted by atomic mass is 10.2. The summed E-state index contributed by atoms with van der Waals surface area (Å²) in [5.74, 6) is -0.425. The number of imidazole rings is 1. The standard InChI is InChI=1S/C17H20N6O5S/c1-4-12(15(24)20-10-5-7-11(8-6-10)29(18,27)28)23-9-19-14-13(23)16(25)22(3)17(26)21(14)2/h5-9,12H,4H2,1-3H3,(H,20,24)(H2,18,27,28)/t12-/m0/s1. The highest BCUT2D eigenvalue weighted by Gasteiger charge is 2.24. The van der Waals surface area contributed by atoms with Crippen LogP contribution in [-0.2, 0) is 28.9 Å². The number of fused-ring (bicyclic) bond motifs is 1. The number of aryl methyl sites for hydroxylation is 1. The van der Waals surface area contributed by atoms with Gasteiger partial charge < -0.3 is 9.88 Å². The first kappa shape index (κ1) is 20.5. The van der Waals surface area contributed by atoms with Crippen molar-refractivity contribution in [2.24, 2.45) is 19.2 Å². The second-order valence-corrected chi connectivity index (χ2v) is 8.07. The molecule has 0 aliphatic heterocycles. The molecule has 29 heavy (non-hydrogen) atoms. The van der Waals surface area contributed by atoms with E-state index in [0.29, 0.717) is 12.1 Å². The molecule has 2 heterocycles. The zero-order chi connectivity index (χ0) is 21.5. The first-order valence-electron chi connectivity index (χ1n) is 8.62. The van der Waals surface area contributed by atoms with Gasteiger partial charge in [0, 0.05) is 19.8 Å². The fourth-order valence-electron chi connectivity index (χ4n) is 3.06. The molecule has 0 aliphatic rings. The zero-order valence-electron chi connectivity index (χ0n) is 16.0. The van der Waals surface area contributed by atoms with Crippen molar-refractivity contribution in [3.05, 3.63) is 51.4 Å². The molecule has 0 bridgehead atoms. The van der Waals surface area contributed by atoms with E-state index in [4.69, 9.17) is 5.14 Å². The molecule has 0 aliphatic carbocycles. The molecule has 12 heteroatoms. The van der Waals surface area contributed by atoms with E-state index < -0.39 is 33.2 Å². The molecule has 0 unspecified atom stereocenters. The molecule has 3 aromatic rings. The third-order valence-corrected chi connectivity index (χ3v) is 5.58. The summed E-state index contributed by atoms with van der Waals surface area (Å²) in [4.78, 5) is 41.6. The van der Waals surface area contributed by atoms with Crippen molar-refractivity contribution >= 4 is 32.8 Å². The van der Waals surface area contributed by atoms with E-state index in [-0.39, 0.29) is 16.1 Å². The molecule has 0 fully saturated rings. The van der Waals surface area contributed by atoms with Crippen LogP contribution in [0, 0.1) is 0 Å². The van der Waals surface area contributed by atoms with Gasteiger partial charge >= 0.3 is 5.69 Å². The maximum Gasteiger partial charge on any atom is 0.332 e. The molecule has 1 atom stereocenters. The Kier molecular flexibility index (Phi) is 5.15. The third-order valence-electron chi connectivity index (χ3n) is 4.65. The minimum absolute atomic E-state index is 0.0763.